The van der Waals surface area contributed by atoms with Crippen LogP contribution >= 0.6 is 11.6 Å². The summed E-state index contributed by atoms with van der Waals surface area (Å²) in [6.45, 7) is 2.96. The van der Waals surface area contributed by atoms with Crippen LogP contribution in [0, 0.1) is 6.92 Å². The summed E-state index contributed by atoms with van der Waals surface area (Å²) in [6, 6.07) is 7.29. The van der Waals surface area contributed by atoms with Gasteiger partial charge in [-0.3, -0.25) is 4.79 Å². The lowest BCUT2D eigenvalue weighted by Crippen LogP contribution is -2.27. The van der Waals surface area contributed by atoms with E-state index in [0.717, 1.165) is 19.3 Å². The molecule has 1 heterocycles. The Balaban J connectivity index is 1.53. The molecule has 3 rings (SSSR count). The lowest BCUT2D eigenvalue weighted by molar-refractivity contribution is 0.0273. The molecule has 0 unspecified atom stereocenters. The quantitative estimate of drug-likeness (QED) is 0.707. The lowest BCUT2D eigenvalue weighted by atomic mass is 9.98. The third-order valence-electron chi connectivity index (χ3n) is 4.73. The number of rotatable bonds is 7. The highest BCUT2D eigenvalue weighted by Crippen LogP contribution is 2.30. The average molecular weight is 377 g/mol. The van der Waals surface area contributed by atoms with Crippen molar-refractivity contribution >= 4 is 17.5 Å². The van der Waals surface area contributed by atoms with Gasteiger partial charge < -0.3 is 14.6 Å². The highest BCUT2D eigenvalue weighted by molar-refractivity contribution is 6.33. The van der Waals surface area contributed by atoms with Crippen LogP contribution in [-0.4, -0.2) is 30.3 Å². The zero-order valence-corrected chi connectivity index (χ0v) is 15.8. The standard InChI is InChI=1S/C20H25ClN2O3/c1-14-18(19(23-26-14)16-10-5-6-11-17(16)21)20(24)22-12-7-13-25-15-8-3-2-4-9-15/h5-6,10-11,15H,2-4,7-9,12-13H2,1H3,(H,22,24). The highest BCUT2D eigenvalue weighted by atomic mass is 35.5. The van der Waals surface area contributed by atoms with Gasteiger partial charge in [0.25, 0.3) is 5.91 Å². The Labute approximate surface area is 159 Å². The zero-order valence-electron chi connectivity index (χ0n) is 15.1. The van der Waals surface area contributed by atoms with Crippen LogP contribution in [-0.2, 0) is 4.74 Å². The smallest absolute Gasteiger partial charge is 0.257 e. The van der Waals surface area contributed by atoms with E-state index in [2.05, 4.69) is 10.5 Å². The number of amides is 1. The number of halogens is 1. The van der Waals surface area contributed by atoms with Crippen molar-refractivity contribution in [2.45, 2.75) is 51.6 Å². The molecule has 140 valence electrons. The van der Waals surface area contributed by atoms with E-state index in [1.807, 2.05) is 18.2 Å². The topological polar surface area (TPSA) is 64.4 Å². The fraction of sp³-hybridized carbons (Fsp3) is 0.500. The molecular formula is C20H25ClN2O3. The second kappa shape index (κ2) is 9.19. The number of aromatic nitrogens is 1. The summed E-state index contributed by atoms with van der Waals surface area (Å²) in [5.74, 6) is 0.284. The van der Waals surface area contributed by atoms with E-state index < -0.39 is 0 Å². The van der Waals surface area contributed by atoms with Gasteiger partial charge in [-0.15, -0.1) is 0 Å². The monoisotopic (exact) mass is 376 g/mol. The Morgan fingerprint density at radius 3 is 2.85 bits per heavy atom. The van der Waals surface area contributed by atoms with Crippen molar-refractivity contribution in [2.75, 3.05) is 13.2 Å². The maximum absolute atomic E-state index is 12.6. The third-order valence-corrected chi connectivity index (χ3v) is 5.06. The van der Waals surface area contributed by atoms with Crippen LogP contribution in [0.15, 0.2) is 28.8 Å². The predicted molar refractivity (Wildman–Crippen MR) is 101 cm³/mol. The van der Waals surface area contributed by atoms with Crippen molar-refractivity contribution in [1.29, 1.82) is 0 Å². The number of hydrogen-bond donors (Lipinski definition) is 1. The van der Waals surface area contributed by atoms with Gasteiger partial charge in [0, 0.05) is 18.7 Å². The van der Waals surface area contributed by atoms with Crippen LogP contribution in [0.25, 0.3) is 11.3 Å². The van der Waals surface area contributed by atoms with E-state index >= 15 is 0 Å². The Hall–Kier alpha value is -1.85. The number of aryl methyl sites for hydroxylation is 1. The van der Waals surface area contributed by atoms with E-state index in [9.17, 15) is 4.79 Å². The molecular weight excluding hydrogens is 352 g/mol. The zero-order chi connectivity index (χ0) is 18.4. The predicted octanol–water partition coefficient (Wildman–Crippen LogP) is 4.77. The first-order chi connectivity index (χ1) is 12.7. The molecule has 1 aromatic carbocycles. The van der Waals surface area contributed by atoms with Gasteiger partial charge in [0.05, 0.1) is 11.1 Å². The van der Waals surface area contributed by atoms with Crippen molar-refractivity contribution in [3.8, 4) is 11.3 Å². The van der Waals surface area contributed by atoms with E-state index in [0.29, 0.717) is 46.9 Å². The molecule has 0 radical (unpaired) electrons. The highest BCUT2D eigenvalue weighted by Gasteiger charge is 2.22. The van der Waals surface area contributed by atoms with E-state index in [1.54, 1.807) is 13.0 Å². The van der Waals surface area contributed by atoms with Gasteiger partial charge in [-0.05, 0) is 32.3 Å². The van der Waals surface area contributed by atoms with Crippen LogP contribution in [0.1, 0.15) is 54.6 Å². The first-order valence-corrected chi connectivity index (χ1v) is 9.65. The molecule has 0 atom stereocenters. The number of nitrogens with one attached hydrogen (secondary N) is 1. The summed E-state index contributed by atoms with van der Waals surface area (Å²) in [5, 5.41) is 7.50. The first-order valence-electron chi connectivity index (χ1n) is 9.28. The number of carbonyl (C=O) groups excluding carboxylic acids is 1. The summed E-state index contributed by atoms with van der Waals surface area (Å²) >= 11 is 6.23. The summed E-state index contributed by atoms with van der Waals surface area (Å²) in [4.78, 5) is 12.6. The number of carbonyl (C=O) groups is 1. The molecule has 2 aromatic rings. The molecule has 1 saturated carbocycles. The molecule has 1 aliphatic carbocycles. The largest absolute Gasteiger partial charge is 0.378 e. The summed E-state index contributed by atoms with van der Waals surface area (Å²) in [7, 11) is 0. The third kappa shape index (κ3) is 4.65. The van der Waals surface area contributed by atoms with Crippen molar-refractivity contribution in [3.05, 3.63) is 40.6 Å². The number of ether oxygens (including phenoxy) is 1. The van der Waals surface area contributed by atoms with Gasteiger partial charge in [0.1, 0.15) is 17.0 Å². The lowest BCUT2D eigenvalue weighted by Gasteiger charge is -2.21. The van der Waals surface area contributed by atoms with Crippen molar-refractivity contribution < 1.29 is 14.1 Å². The molecule has 6 heteroatoms. The summed E-state index contributed by atoms with van der Waals surface area (Å²) in [6.07, 6.45) is 7.35. The van der Waals surface area contributed by atoms with E-state index in [4.69, 9.17) is 20.9 Å². The molecule has 0 spiro atoms. The minimum absolute atomic E-state index is 0.198. The Bertz CT molecular complexity index is 738. The van der Waals surface area contributed by atoms with Crippen LogP contribution in [0.4, 0.5) is 0 Å². The Morgan fingerprint density at radius 2 is 2.08 bits per heavy atom. The van der Waals surface area contributed by atoms with Gasteiger partial charge >= 0.3 is 0 Å². The van der Waals surface area contributed by atoms with E-state index in [-0.39, 0.29) is 5.91 Å². The van der Waals surface area contributed by atoms with Crippen molar-refractivity contribution in [3.63, 3.8) is 0 Å². The minimum atomic E-state index is -0.198. The molecule has 1 aliphatic rings. The molecule has 0 aliphatic heterocycles. The molecule has 0 saturated heterocycles. The number of benzene rings is 1. The minimum Gasteiger partial charge on any atom is -0.378 e. The molecule has 26 heavy (non-hydrogen) atoms. The van der Waals surface area contributed by atoms with Gasteiger partial charge in [0.15, 0.2) is 0 Å². The molecule has 5 nitrogen and oxygen atoms in total. The maximum atomic E-state index is 12.6. The molecule has 1 fully saturated rings. The summed E-state index contributed by atoms with van der Waals surface area (Å²) in [5.41, 5.74) is 1.60. The number of hydrogen-bond acceptors (Lipinski definition) is 4. The average Bonchev–Trinajstić information content (AvgIpc) is 3.04. The van der Waals surface area contributed by atoms with Crippen molar-refractivity contribution in [2.24, 2.45) is 0 Å². The second-order valence-electron chi connectivity index (χ2n) is 6.68. The van der Waals surface area contributed by atoms with Gasteiger partial charge in [-0.2, -0.15) is 0 Å². The van der Waals surface area contributed by atoms with Gasteiger partial charge in [-0.25, -0.2) is 0 Å². The molecule has 1 N–H and O–H groups in total. The Morgan fingerprint density at radius 1 is 1.31 bits per heavy atom. The number of nitrogens with zero attached hydrogens (tertiary/aromatic N) is 1. The van der Waals surface area contributed by atoms with Gasteiger partial charge in [0.2, 0.25) is 0 Å². The second-order valence-corrected chi connectivity index (χ2v) is 7.09. The Kier molecular flexibility index (Phi) is 6.69. The fourth-order valence-electron chi connectivity index (χ4n) is 3.32. The normalized spacial score (nSPS) is 15.2. The fourth-order valence-corrected chi connectivity index (χ4v) is 3.55. The van der Waals surface area contributed by atoms with Crippen molar-refractivity contribution in [1.82, 2.24) is 10.5 Å². The summed E-state index contributed by atoms with van der Waals surface area (Å²) < 4.78 is 11.1. The SMILES string of the molecule is Cc1onc(-c2ccccc2Cl)c1C(=O)NCCCOC1CCCCC1. The van der Waals surface area contributed by atoms with Gasteiger partial charge in [-0.1, -0.05) is 54.2 Å². The van der Waals surface area contributed by atoms with Crippen LogP contribution < -0.4 is 5.32 Å². The molecule has 1 amide bonds. The molecule has 1 aromatic heterocycles. The first kappa shape index (κ1) is 18.9. The van der Waals surface area contributed by atoms with E-state index in [1.165, 1.54) is 19.3 Å². The van der Waals surface area contributed by atoms with Crippen LogP contribution in [0.2, 0.25) is 5.02 Å². The van der Waals surface area contributed by atoms with Crippen LogP contribution in [0.5, 0.6) is 0 Å². The molecule has 0 bridgehead atoms. The van der Waals surface area contributed by atoms with Crippen LogP contribution in [0.3, 0.4) is 0 Å². The maximum Gasteiger partial charge on any atom is 0.257 e.